The highest BCUT2D eigenvalue weighted by molar-refractivity contribution is 6.00. The molecular formula is C15H19NO2. The lowest BCUT2D eigenvalue weighted by Gasteiger charge is -2.26. The fraction of sp³-hybridized carbons (Fsp3) is 0.533. The summed E-state index contributed by atoms with van der Waals surface area (Å²) in [5.41, 5.74) is 3.55. The van der Waals surface area contributed by atoms with Crippen molar-refractivity contribution >= 4 is 11.6 Å². The number of hydrogen-bond acceptors (Lipinski definition) is 2. The van der Waals surface area contributed by atoms with Crippen LogP contribution in [0.25, 0.3) is 0 Å². The van der Waals surface area contributed by atoms with E-state index in [0.717, 1.165) is 36.9 Å². The monoisotopic (exact) mass is 245 g/mol. The van der Waals surface area contributed by atoms with E-state index in [0.29, 0.717) is 12.3 Å². The van der Waals surface area contributed by atoms with Crippen molar-refractivity contribution in [2.45, 2.75) is 44.1 Å². The highest BCUT2D eigenvalue weighted by Crippen LogP contribution is 2.36. The van der Waals surface area contributed by atoms with Crippen molar-refractivity contribution in [3.63, 3.8) is 0 Å². The Hall–Kier alpha value is -1.35. The second kappa shape index (κ2) is 4.39. The normalized spacial score (nSPS) is 27.4. The number of nitrogens with zero attached hydrogens (tertiary/aromatic N) is 1. The van der Waals surface area contributed by atoms with Crippen LogP contribution < -0.4 is 4.90 Å². The molecule has 1 fully saturated rings. The number of aliphatic hydroxyl groups excluding tert-OH is 1. The molecular weight excluding hydrogens is 226 g/mol. The second-order valence-corrected chi connectivity index (χ2v) is 5.52. The Morgan fingerprint density at radius 1 is 1.22 bits per heavy atom. The number of rotatable bonds is 1. The van der Waals surface area contributed by atoms with Gasteiger partial charge in [-0.05, 0) is 48.8 Å². The number of carbonyl (C=O) groups excluding carboxylic acids is 1. The molecule has 0 aromatic heterocycles. The summed E-state index contributed by atoms with van der Waals surface area (Å²) in [7, 11) is 1.84. The molecule has 3 heteroatoms. The molecule has 1 heterocycles. The Labute approximate surface area is 107 Å². The van der Waals surface area contributed by atoms with Crippen molar-refractivity contribution in [3.05, 3.63) is 29.3 Å². The quantitative estimate of drug-likeness (QED) is 0.824. The summed E-state index contributed by atoms with van der Waals surface area (Å²) in [6.45, 7) is 0. The lowest BCUT2D eigenvalue weighted by Crippen LogP contribution is -2.20. The Bertz CT molecular complexity index is 475. The molecule has 3 rings (SSSR count). The van der Waals surface area contributed by atoms with Crippen LogP contribution in [0.4, 0.5) is 5.69 Å². The third kappa shape index (κ3) is 1.93. The molecule has 1 saturated carbocycles. The molecule has 1 aliphatic carbocycles. The fourth-order valence-electron chi connectivity index (χ4n) is 3.15. The van der Waals surface area contributed by atoms with Gasteiger partial charge in [0.25, 0.3) is 0 Å². The molecule has 0 saturated heterocycles. The summed E-state index contributed by atoms with van der Waals surface area (Å²) in [6, 6.07) is 6.41. The van der Waals surface area contributed by atoms with Crippen molar-refractivity contribution in [3.8, 4) is 0 Å². The maximum atomic E-state index is 11.7. The van der Waals surface area contributed by atoms with Crippen molar-refractivity contribution in [2.24, 2.45) is 0 Å². The van der Waals surface area contributed by atoms with Gasteiger partial charge in [0.2, 0.25) is 5.91 Å². The van der Waals surface area contributed by atoms with E-state index >= 15 is 0 Å². The lowest BCUT2D eigenvalue weighted by molar-refractivity contribution is -0.117. The lowest BCUT2D eigenvalue weighted by atomic mass is 9.82. The number of hydrogen-bond donors (Lipinski definition) is 1. The van der Waals surface area contributed by atoms with E-state index in [1.807, 2.05) is 7.05 Å². The Morgan fingerprint density at radius 2 is 1.94 bits per heavy atom. The van der Waals surface area contributed by atoms with Crippen LogP contribution in [0.3, 0.4) is 0 Å². The van der Waals surface area contributed by atoms with Gasteiger partial charge in [0, 0.05) is 12.7 Å². The topological polar surface area (TPSA) is 40.5 Å². The van der Waals surface area contributed by atoms with Gasteiger partial charge < -0.3 is 10.0 Å². The Kier molecular flexibility index (Phi) is 2.86. The number of aliphatic hydroxyl groups is 1. The molecule has 1 aliphatic heterocycles. The van der Waals surface area contributed by atoms with Gasteiger partial charge in [0.05, 0.1) is 12.5 Å². The smallest absolute Gasteiger partial charge is 0.231 e. The van der Waals surface area contributed by atoms with Gasteiger partial charge in [-0.15, -0.1) is 0 Å². The predicted octanol–water partition coefficient (Wildman–Crippen LogP) is 2.22. The van der Waals surface area contributed by atoms with Crippen LogP contribution in [0.15, 0.2) is 18.2 Å². The first-order valence-electron chi connectivity index (χ1n) is 6.72. The van der Waals surface area contributed by atoms with Crippen molar-refractivity contribution in [1.82, 2.24) is 0 Å². The number of amides is 1. The van der Waals surface area contributed by atoms with Crippen LogP contribution in [0, 0.1) is 0 Å². The van der Waals surface area contributed by atoms with Crippen LogP contribution in [0.2, 0.25) is 0 Å². The SMILES string of the molecule is CN1C(=O)Cc2cc(C3CCC(O)CC3)ccc21. The number of benzene rings is 1. The molecule has 3 nitrogen and oxygen atoms in total. The van der Waals surface area contributed by atoms with Crippen LogP contribution >= 0.6 is 0 Å². The highest BCUT2D eigenvalue weighted by Gasteiger charge is 2.26. The molecule has 1 amide bonds. The third-order valence-electron chi connectivity index (χ3n) is 4.35. The first-order chi connectivity index (χ1) is 8.65. The second-order valence-electron chi connectivity index (χ2n) is 5.52. The summed E-state index contributed by atoms with van der Waals surface area (Å²) >= 11 is 0. The van der Waals surface area contributed by atoms with E-state index in [4.69, 9.17) is 0 Å². The number of anilines is 1. The summed E-state index contributed by atoms with van der Waals surface area (Å²) in [6.07, 6.45) is 4.35. The number of likely N-dealkylation sites (N-methyl/N-ethyl adjacent to an activating group) is 1. The average Bonchev–Trinajstić information content (AvgIpc) is 2.65. The van der Waals surface area contributed by atoms with Gasteiger partial charge in [-0.25, -0.2) is 0 Å². The summed E-state index contributed by atoms with van der Waals surface area (Å²) in [5.74, 6) is 0.737. The molecule has 0 bridgehead atoms. The van der Waals surface area contributed by atoms with Gasteiger partial charge in [-0.3, -0.25) is 4.79 Å². The molecule has 96 valence electrons. The third-order valence-corrected chi connectivity index (χ3v) is 4.35. The molecule has 0 atom stereocenters. The summed E-state index contributed by atoms with van der Waals surface area (Å²) in [5, 5.41) is 9.55. The van der Waals surface area contributed by atoms with E-state index in [-0.39, 0.29) is 12.0 Å². The Balaban J connectivity index is 1.83. The zero-order valence-electron chi connectivity index (χ0n) is 10.7. The molecule has 1 aromatic carbocycles. The first-order valence-corrected chi connectivity index (χ1v) is 6.72. The minimum atomic E-state index is -0.108. The van der Waals surface area contributed by atoms with Crippen LogP contribution in [0.5, 0.6) is 0 Å². The first kappa shape index (κ1) is 11.7. The summed E-state index contributed by atoms with van der Waals surface area (Å²) < 4.78 is 0. The summed E-state index contributed by atoms with van der Waals surface area (Å²) in [4.78, 5) is 13.4. The maximum Gasteiger partial charge on any atom is 0.231 e. The average molecular weight is 245 g/mol. The van der Waals surface area contributed by atoms with E-state index in [9.17, 15) is 9.90 Å². The minimum absolute atomic E-state index is 0.108. The standard InChI is InChI=1S/C15H19NO2/c1-16-14-7-4-11(8-12(14)9-15(16)18)10-2-5-13(17)6-3-10/h4,7-8,10,13,17H,2-3,5-6,9H2,1H3. The zero-order chi connectivity index (χ0) is 12.7. The molecule has 1 N–H and O–H groups in total. The molecule has 1 aromatic rings. The molecule has 0 radical (unpaired) electrons. The van der Waals surface area contributed by atoms with Gasteiger partial charge in [0.15, 0.2) is 0 Å². The maximum absolute atomic E-state index is 11.7. The Morgan fingerprint density at radius 3 is 2.67 bits per heavy atom. The van der Waals surface area contributed by atoms with E-state index < -0.39 is 0 Å². The predicted molar refractivity (Wildman–Crippen MR) is 70.8 cm³/mol. The fourth-order valence-corrected chi connectivity index (χ4v) is 3.15. The zero-order valence-corrected chi connectivity index (χ0v) is 10.7. The van der Waals surface area contributed by atoms with E-state index in [1.54, 1.807) is 4.90 Å². The van der Waals surface area contributed by atoms with Gasteiger partial charge in [0.1, 0.15) is 0 Å². The van der Waals surface area contributed by atoms with Crippen molar-refractivity contribution in [2.75, 3.05) is 11.9 Å². The van der Waals surface area contributed by atoms with Gasteiger partial charge >= 0.3 is 0 Å². The molecule has 18 heavy (non-hydrogen) atoms. The van der Waals surface area contributed by atoms with E-state index in [1.165, 1.54) is 5.56 Å². The number of fused-ring (bicyclic) bond motifs is 1. The number of carbonyl (C=O) groups is 1. The largest absolute Gasteiger partial charge is 0.393 e. The minimum Gasteiger partial charge on any atom is -0.393 e. The van der Waals surface area contributed by atoms with Gasteiger partial charge in [-0.2, -0.15) is 0 Å². The van der Waals surface area contributed by atoms with Crippen LogP contribution in [-0.4, -0.2) is 24.2 Å². The van der Waals surface area contributed by atoms with Crippen molar-refractivity contribution in [1.29, 1.82) is 0 Å². The van der Waals surface area contributed by atoms with Gasteiger partial charge in [-0.1, -0.05) is 12.1 Å². The van der Waals surface area contributed by atoms with Crippen LogP contribution in [-0.2, 0) is 11.2 Å². The van der Waals surface area contributed by atoms with Crippen LogP contribution in [0.1, 0.15) is 42.7 Å². The molecule has 2 aliphatic rings. The molecule has 0 spiro atoms. The van der Waals surface area contributed by atoms with E-state index in [2.05, 4.69) is 18.2 Å². The highest BCUT2D eigenvalue weighted by atomic mass is 16.3. The van der Waals surface area contributed by atoms with Crippen molar-refractivity contribution < 1.29 is 9.90 Å². The molecule has 0 unspecified atom stereocenters.